The van der Waals surface area contributed by atoms with E-state index in [0.717, 1.165) is 6.42 Å². The summed E-state index contributed by atoms with van der Waals surface area (Å²) in [5.41, 5.74) is 9.66. The zero-order chi connectivity index (χ0) is 17.6. The second-order valence-electron chi connectivity index (χ2n) is 8.55. The molecule has 128 valence electrons. The van der Waals surface area contributed by atoms with Gasteiger partial charge in [-0.1, -0.05) is 97.1 Å². The largest absolute Gasteiger partial charge is 0.0795 e. The summed E-state index contributed by atoms with van der Waals surface area (Å²) in [4.78, 5) is 0. The van der Waals surface area contributed by atoms with E-state index in [-0.39, 0.29) is 10.8 Å². The summed E-state index contributed by atoms with van der Waals surface area (Å²) in [5.74, 6) is 1.12. The predicted molar refractivity (Wildman–Crippen MR) is 110 cm³/mol. The first kappa shape index (κ1) is 14.2. The van der Waals surface area contributed by atoms with Crippen molar-refractivity contribution in [1.29, 1.82) is 0 Å². The van der Waals surface area contributed by atoms with Crippen molar-refractivity contribution in [2.45, 2.75) is 17.8 Å². The lowest BCUT2D eigenvalue weighted by Gasteiger charge is -2.21. The Bertz CT molecular complexity index is 1170. The van der Waals surface area contributed by atoms with Crippen molar-refractivity contribution in [3.63, 3.8) is 0 Å². The van der Waals surface area contributed by atoms with Crippen LogP contribution in [-0.2, 0) is 11.8 Å². The summed E-state index contributed by atoms with van der Waals surface area (Å²) in [6, 6.07) is 29.5. The van der Waals surface area contributed by atoms with Crippen molar-refractivity contribution in [2.75, 3.05) is 0 Å². The molecule has 27 heavy (non-hydrogen) atoms. The van der Waals surface area contributed by atoms with Gasteiger partial charge < -0.3 is 0 Å². The quantitative estimate of drug-likeness (QED) is 0.543. The van der Waals surface area contributed by atoms with Crippen LogP contribution in [0.4, 0.5) is 0 Å². The molecule has 0 saturated heterocycles. The average Bonchev–Trinajstić information content (AvgIpc) is 3.06. The van der Waals surface area contributed by atoms with Crippen LogP contribution in [0, 0.1) is 11.3 Å². The Morgan fingerprint density at radius 2 is 1.48 bits per heavy atom. The van der Waals surface area contributed by atoms with Gasteiger partial charge in [-0.25, -0.2) is 0 Å². The Labute approximate surface area is 159 Å². The molecule has 7 rings (SSSR count). The molecule has 0 nitrogen and oxygen atoms in total. The van der Waals surface area contributed by atoms with Crippen LogP contribution in [0.2, 0.25) is 0 Å². The number of rotatable bonds is 2. The standard InChI is InChI=1S/C27H20/c1-2-9-18(10-3-1)17-26-22-14-7-6-13-21(22)25-20-12-5-4-11-19(20)23-15-8-16-24(26)27(23,25)26/h1-16,24-25H,17H2. The van der Waals surface area contributed by atoms with Gasteiger partial charge in [-0.15, -0.1) is 0 Å². The molecule has 4 atom stereocenters. The maximum Gasteiger partial charge on any atom is 0.0246 e. The smallest absolute Gasteiger partial charge is 0.0246 e. The summed E-state index contributed by atoms with van der Waals surface area (Å²) in [6.45, 7) is 0. The van der Waals surface area contributed by atoms with Gasteiger partial charge in [0.15, 0.2) is 0 Å². The molecule has 1 spiro atoms. The Hall–Kier alpha value is -2.86. The van der Waals surface area contributed by atoms with E-state index in [2.05, 4.69) is 97.1 Å². The van der Waals surface area contributed by atoms with E-state index < -0.39 is 0 Å². The van der Waals surface area contributed by atoms with E-state index >= 15 is 0 Å². The number of benzene rings is 3. The van der Waals surface area contributed by atoms with Crippen molar-refractivity contribution in [1.82, 2.24) is 0 Å². The zero-order valence-electron chi connectivity index (χ0n) is 15.1. The summed E-state index contributed by atoms with van der Waals surface area (Å²) in [6.07, 6.45) is 8.36. The van der Waals surface area contributed by atoms with Crippen LogP contribution >= 0.6 is 0 Å². The van der Waals surface area contributed by atoms with Crippen LogP contribution in [0.25, 0.3) is 5.57 Å². The predicted octanol–water partition coefficient (Wildman–Crippen LogP) is 5.90. The number of hydrogen-bond donors (Lipinski definition) is 0. The highest BCUT2D eigenvalue weighted by molar-refractivity contribution is 5.92. The number of hydrogen-bond acceptors (Lipinski definition) is 0. The van der Waals surface area contributed by atoms with Crippen LogP contribution in [0.1, 0.15) is 33.7 Å². The SMILES string of the molecule is C1=CC2C3(Cc4ccccc4)c4ccccc4C4c5ccccc5C(=C1)C423. The van der Waals surface area contributed by atoms with Crippen molar-refractivity contribution in [2.24, 2.45) is 11.3 Å². The molecule has 0 amide bonds. The summed E-state index contributed by atoms with van der Waals surface area (Å²) >= 11 is 0. The molecule has 1 fully saturated rings. The van der Waals surface area contributed by atoms with Crippen LogP contribution in [0.5, 0.6) is 0 Å². The normalized spacial score (nSPS) is 33.0. The Morgan fingerprint density at radius 3 is 2.37 bits per heavy atom. The molecule has 0 heteroatoms. The fourth-order valence-electron chi connectivity index (χ4n) is 7.09. The molecule has 0 heterocycles. The zero-order valence-corrected chi connectivity index (χ0v) is 15.1. The maximum atomic E-state index is 2.50. The van der Waals surface area contributed by atoms with Gasteiger partial charge in [0.05, 0.1) is 0 Å². The molecule has 0 radical (unpaired) electrons. The molecule has 4 aliphatic carbocycles. The van der Waals surface area contributed by atoms with E-state index in [0.29, 0.717) is 11.8 Å². The van der Waals surface area contributed by atoms with Gasteiger partial charge in [0, 0.05) is 16.7 Å². The van der Waals surface area contributed by atoms with Crippen LogP contribution in [0.3, 0.4) is 0 Å². The lowest BCUT2D eigenvalue weighted by atomic mass is 9.80. The first-order chi connectivity index (χ1) is 13.4. The third kappa shape index (κ3) is 1.36. The molecule has 4 unspecified atom stereocenters. The highest BCUT2D eigenvalue weighted by atomic mass is 14.9. The van der Waals surface area contributed by atoms with E-state index in [1.165, 1.54) is 16.7 Å². The minimum atomic E-state index is 0.202. The van der Waals surface area contributed by atoms with E-state index in [1.807, 2.05) is 0 Å². The fourth-order valence-corrected chi connectivity index (χ4v) is 7.09. The van der Waals surface area contributed by atoms with E-state index in [9.17, 15) is 0 Å². The minimum absolute atomic E-state index is 0.202. The molecular weight excluding hydrogens is 324 g/mol. The molecule has 3 aromatic rings. The topological polar surface area (TPSA) is 0 Å². The van der Waals surface area contributed by atoms with Crippen molar-refractivity contribution >= 4 is 5.57 Å². The van der Waals surface area contributed by atoms with Gasteiger partial charge in [-0.05, 0) is 45.7 Å². The first-order valence-electron chi connectivity index (χ1n) is 10.0. The maximum absolute atomic E-state index is 2.50. The Kier molecular flexibility index (Phi) is 2.38. The second kappa shape index (κ2) is 4.51. The fraction of sp³-hybridized carbons (Fsp3) is 0.185. The molecule has 3 aromatic carbocycles. The van der Waals surface area contributed by atoms with Crippen LogP contribution in [-0.4, -0.2) is 0 Å². The summed E-state index contributed by atoms with van der Waals surface area (Å²) in [5, 5.41) is 0. The molecule has 0 bridgehead atoms. The molecular formula is C27H20. The molecule has 0 N–H and O–H groups in total. The lowest BCUT2D eigenvalue weighted by Crippen LogP contribution is -2.17. The monoisotopic (exact) mass is 344 g/mol. The van der Waals surface area contributed by atoms with Gasteiger partial charge in [-0.3, -0.25) is 0 Å². The molecule has 0 aromatic heterocycles. The van der Waals surface area contributed by atoms with Crippen molar-refractivity contribution in [3.05, 3.63) is 125 Å². The Balaban J connectivity index is 1.55. The molecule has 1 saturated carbocycles. The molecule has 0 aliphatic heterocycles. The third-order valence-electron chi connectivity index (χ3n) is 7.78. The average molecular weight is 344 g/mol. The van der Waals surface area contributed by atoms with Gasteiger partial charge >= 0.3 is 0 Å². The summed E-state index contributed by atoms with van der Waals surface area (Å²) in [7, 11) is 0. The van der Waals surface area contributed by atoms with Gasteiger partial charge in [-0.2, -0.15) is 0 Å². The summed E-state index contributed by atoms with van der Waals surface area (Å²) < 4.78 is 0. The van der Waals surface area contributed by atoms with Crippen molar-refractivity contribution < 1.29 is 0 Å². The van der Waals surface area contributed by atoms with Gasteiger partial charge in [0.2, 0.25) is 0 Å². The van der Waals surface area contributed by atoms with Gasteiger partial charge in [0.1, 0.15) is 0 Å². The Morgan fingerprint density at radius 1 is 0.741 bits per heavy atom. The van der Waals surface area contributed by atoms with Crippen LogP contribution < -0.4 is 0 Å². The first-order valence-corrected chi connectivity index (χ1v) is 10.0. The van der Waals surface area contributed by atoms with E-state index in [1.54, 1.807) is 16.7 Å². The van der Waals surface area contributed by atoms with E-state index in [4.69, 9.17) is 0 Å². The van der Waals surface area contributed by atoms with Crippen molar-refractivity contribution in [3.8, 4) is 0 Å². The minimum Gasteiger partial charge on any atom is -0.0795 e. The highest BCUT2D eigenvalue weighted by Gasteiger charge is 2.85. The number of allylic oxidation sites excluding steroid dienone is 4. The number of fused-ring (bicyclic) bond motifs is 7. The second-order valence-corrected chi connectivity index (χ2v) is 8.55. The van der Waals surface area contributed by atoms with Crippen LogP contribution in [0.15, 0.2) is 97.1 Å². The molecule has 4 aliphatic rings. The lowest BCUT2D eigenvalue weighted by molar-refractivity contribution is 0.529. The highest BCUT2D eigenvalue weighted by Crippen LogP contribution is 2.89. The third-order valence-corrected chi connectivity index (χ3v) is 7.78. The van der Waals surface area contributed by atoms with Gasteiger partial charge in [0.25, 0.3) is 0 Å².